The second-order valence-corrected chi connectivity index (χ2v) is 4.56. The van der Waals surface area contributed by atoms with Crippen molar-refractivity contribution in [1.82, 2.24) is 0 Å². The Bertz CT molecular complexity index is 363. The van der Waals surface area contributed by atoms with Gasteiger partial charge in [0.15, 0.2) is 0 Å². The van der Waals surface area contributed by atoms with Crippen LogP contribution in [0.2, 0.25) is 0 Å². The first-order valence-corrected chi connectivity index (χ1v) is 5.80. The third-order valence-electron chi connectivity index (χ3n) is 2.52. The van der Waals surface area contributed by atoms with Crippen molar-refractivity contribution in [3.63, 3.8) is 0 Å². The van der Waals surface area contributed by atoms with Crippen molar-refractivity contribution >= 4 is 21.7 Å². The van der Waals surface area contributed by atoms with E-state index in [9.17, 15) is 9.18 Å². The van der Waals surface area contributed by atoms with Crippen molar-refractivity contribution < 1.29 is 9.18 Å². The molecule has 0 N–H and O–H groups in total. The molecular formula is C12H14BrFO. The number of hydrogen-bond donors (Lipinski definition) is 0. The molecule has 82 valence electrons. The van der Waals surface area contributed by atoms with Crippen LogP contribution in [0.4, 0.5) is 4.39 Å². The smallest absolute Gasteiger partial charge is 0.140 e. The third kappa shape index (κ3) is 3.42. The molecule has 1 aromatic rings. The van der Waals surface area contributed by atoms with E-state index in [-0.39, 0.29) is 17.5 Å². The van der Waals surface area contributed by atoms with E-state index in [0.717, 1.165) is 12.0 Å². The Morgan fingerprint density at radius 3 is 2.73 bits per heavy atom. The van der Waals surface area contributed by atoms with Crippen LogP contribution in [0.15, 0.2) is 22.7 Å². The molecule has 15 heavy (non-hydrogen) atoms. The summed E-state index contributed by atoms with van der Waals surface area (Å²) in [4.78, 5) is 11.6. The quantitative estimate of drug-likeness (QED) is 0.816. The highest BCUT2D eigenvalue weighted by molar-refractivity contribution is 9.10. The van der Waals surface area contributed by atoms with Gasteiger partial charge in [-0.15, -0.1) is 0 Å². The van der Waals surface area contributed by atoms with Crippen LogP contribution in [-0.2, 0) is 11.2 Å². The van der Waals surface area contributed by atoms with Gasteiger partial charge in [0.05, 0.1) is 4.47 Å². The number of halogens is 2. The molecule has 0 aromatic heterocycles. The first-order chi connectivity index (χ1) is 7.04. The fraction of sp³-hybridized carbons (Fsp3) is 0.417. The second kappa shape index (κ2) is 5.40. The number of rotatable bonds is 4. The summed E-state index contributed by atoms with van der Waals surface area (Å²) in [6, 6.07) is 4.69. The van der Waals surface area contributed by atoms with Gasteiger partial charge >= 0.3 is 0 Å². The molecule has 0 amide bonds. The van der Waals surface area contributed by atoms with Gasteiger partial charge in [-0.1, -0.05) is 19.9 Å². The lowest BCUT2D eigenvalue weighted by molar-refractivity contribution is -0.121. The molecule has 0 fully saturated rings. The van der Waals surface area contributed by atoms with Crippen LogP contribution in [0.3, 0.4) is 0 Å². The monoisotopic (exact) mass is 272 g/mol. The summed E-state index contributed by atoms with van der Waals surface area (Å²) in [5.74, 6) is -0.0143. The van der Waals surface area contributed by atoms with E-state index in [1.165, 1.54) is 6.07 Å². The maximum Gasteiger partial charge on any atom is 0.140 e. The van der Waals surface area contributed by atoms with Gasteiger partial charge in [0.1, 0.15) is 11.6 Å². The van der Waals surface area contributed by atoms with Crippen LogP contribution in [0.1, 0.15) is 25.8 Å². The van der Waals surface area contributed by atoms with Gasteiger partial charge in [0, 0.05) is 12.3 Å². The largest absolute Gasteiger partial charge is 0.299 e. The zero-order chi connectivity index (χ0) is 11.4. The Kier molecular flexibility index (Phi) is 4.45. The van der Waals surface area contributed by atoms with Gasteiger partial charge in [-0.05, 0) is 40.0 Å². The van der Waals surface area contributed by atoms with Crippen molar-refractivity contribution in [3.05, 3.63) is 34.1 Å². The topological polar surface area (TPSA) is 17.1 Å². The highest BCUT2D eigenvalue weighted by atomic mass is 79.9. The van der Waals surface area contributed by atoms with Crippen LogP contribution in [0.25, 0.3) is 0 Å². The van der Waals surface area contributed by atoms with Crippen molar-refractivity contribution in [3.8, 4) is 0 Å². The molecular weight excluding hydrogens is 259 g/mol. The molecule has 0 aliphatic heterocycles. The predicted octanol–water partition coefficient (Wildman–Crippen LogP) is 3.75. The Hall–Kier alpha value is -0.700. The minimum Gasteiger partial charge on any atom is -0.299 e. The average molecular weight is 273 g/mol. The molecule has 0 spiro atoms. The summed E-state index contributed by atoms with van der Waals surface area (Å²) in [5, 5.41) is 0. The Balaban J connectivity index is 2.73. The molecule has 0 aliphatic carbocycles. The van der Waals surface area contributed by atoms with Gasteiger partial charge in [-0.2, -0.15) is 0 Å². The fourth-order valence-corrected chi connectivity index (χ4v) is 1.68. The van der Waals surface area contributed by atoms with E-state index in [1.807, 2.05) is 13.8 Å². The van der Waals surface area contributed by atoms with Gasteiger partial charge in [-0.25, -0.2) is 4.39 Å². The first-order valence-electron chi connectivity index (χ1n) is 5.01. The van der Waals surface area contributed by atoms with Gasteiger partial charge < -0.3 is 0 Å². The molecule has 0 saturated heterocycles. The van der Waals surface area contributed by atoms with Crippen molar-refractivity contribution in [2.45, 2.75) is 26.7 Å². The molecule has 0 bridgehead atoms. The number of carbonyl (C=O) groups is 1. The summed E-state index contributed by atoms with van der Waals surface area (Å²) in [7, 11) is 0. The number of hydrogen-bond acceptors (Lipinski definition) is 1. The summed E-state index contributed by atoms with van der Waals surface area (Å²) in [5.41, 5.74) is 0.855. The van der Waals surface area contributed by atoms with Crippen LogP contribution in [0, 0.1) is 11.7 Å². The number of benzene rings is 1. The van der Waals surface area contributed by atoms with E-state index in [2.05, 4.69) is 15.9 Å². The Morgan fingerprint density at radius 2 is 2.20 bits per heavy atom. The molecule has 0 radical (unpaired) electrons. The van der Waals surface area contributed by atoms with Gasteiger partial charge in [0.2, 0.25) is 0 Å². The van der Waals surface area contributed by atoms with Crippen LogP contribution >= 0.6 is 15.9 Å². The van der Waals surface area contributed by atoms with Crippen molar-refractivity contribution in [2.24, 2.45) is 5.92 Å². The van der Waals surface area contributed by atoms with Crippen LogP contribution in [-0.4, -0.2) is 5.78 Å². The highest BCUT2D eigenvalue weighted by Gasteiger charge is 2.11. The molecule has 1 nitrogen and oxygen atoms in total. The Labute approximate surface area is 97.8 Å². The van der Waals surface area contributed by atoms with Gasteiger partial charge in [0.25, 0.3) is 0 Å². The van der Waals surface area contributed by atoms with Crippen LogP contribution < -0.4 is 0 Å². The minimum absolute atomic E-state index is 0.0776. The molecule has 1 atom stereocenters. The standard InChI is InChI=1S/C12H14BrFO/c1-3-8(2)12(15)7-9-4-5-11(14)10(13)6-9/h4-6,8H,3,7H2,1-2H3. The zero-order valence-corrected chi connectivity index (χ0v) is 10.5. The van der Waals surface area contributed by atoms with E-state index in [0.29, 0.717) is 10.9 Å². The fourth-order valence-electron chi connectivity index (χ4n) is 1.25. The molecule has 0 heterocycles. The molecule has 0 aliphatic rings. The Morgan fingerprint density at radius 1 is 1.53 bits per heavy atom. The molecule has 1 unspecified atom stereocenters. The summed E-state index contributed by atoms with van der Waals surface area (Å²) < 4.78 is 13.3. The predicted molar refractivity (Wildman–Crippen MR) is 62.3 cm³/mol. The zero-order valence-electron chi connectivity index (χ0n) is 8.89. The average Bonchev–Trinajstić information content (AvgIpc) is 2.22. The van der Waals surface area contributed by atoms with E-state index in [1.54, 1.807) is 12.1 Å². The first kappa shape index (κ1) is 12.4. The SMILES string of the molecule is CCC(C)C(=O)Cc1ccc(F)c(Br)c1. The lowest BCUT2D eigenvalue weighted by atomic mass is 9.97. The number of Topliss-reactive ketones (excluding diaryl/α,β-unsaturated/α-hetero) is 1. The maximum absolute atomic E-state index is 12.9. The highest BCUT2D eigenvalue weighted by Crippen LogP contribution is 2.18. The summed E-state index contributed by atoms with van der Waals surface area (Å²) in [6.45, 7) is 3.91. The molecule has 0 saturated carbocycles. The minimum atomic E-state index is -0.297. The third-order valence-corrected chi connectivity index (χ3v) is 3.13. The van der Waals surface area contributed by atoms with Crippen molar-refractivity contribution in [2.75, 3.05) is 0 Å². The number of carbonyl (C=O) groups excluding carboxylic acids is 1. The van der Waals surface area contributed by atoms with Crippen molar-refractivity contribution in [1.29, 1.82) is 0 Å². The molecule has 1 aromatic carbocycles. The second-order valence-electron chi connectivity index (χ2n) is 3.70. The van der Waals surface area contributed by atoms with Gasteiger partial charge in [-0.3, -0.25) is 4.79 Å². The number of ketones is 1. The lowest BCUT2D eigenvalue weighted by Gasteiger charge is -2.07. The lowest BCUT2D eigenvalue weighted by Crippen LogP contribution is -2.12. The molecule has 1 rings (SSSR count). The normalized spacial score (nSPS) is 12.5. The summed E-state index contributed by atoms with van der Waals surface area (Å²) in [6.07, 6.45) is 1.23. The van der Waals surface area contributed by atoms with Crippen LogP contribution in [0.5, 0.6) is 0 Å². The summed E-state index contributed by atoms with van der Waals surface area (Å²) >= 11 is 3.10. The molecule has 3 heteroatoms. The van der Waals surface area contributed by atoms with E-state index < -0.39 is 0 Å². The van der Waals surface area contributed by atoms with E-state index >= 15 is 0 Å². The maximum atomic E-state index is 12.9. The van der Waals surface area contributed by atoms with E-state index in [4.69, 9.17) is 0 Å².